The first-order valence-corrected chi connectivity index (χ1v) is 12.0. The molecule has 2 aliphatic heterocycles. The number of carbonyl (C=O) groups excluding carboxylic acids is 2. The van der Waals surface area contributed by atoms with Crippen molar-refractivity contribution in [3.63, 3.8) is 0 Å². The minimum Gasteiger partial charge on any atom is -0.481 e. The Bertz CT molecular complexity index is 1190. The topological polar surface area (TPSA) is 137 Å². The van der Waals surface area contributed by atoms with Gasteiger partial charge < -0.3 is 15.5 Å². The number of aliphatic carboxylic acids is 2. The zero-order valence-corrected chi connectivity index (χ0v) is 19.3. The first-order valence-electron chi connectivity index (χ1n) is 9.76. The minimum absolute atomic E-state index is 0.0904. The molecular formula is C21H17N3O6S3. The summed E-state index contributed by atoms with van der Waals surface area (Å²) in [5.41, 5.74) is 1.19. The molecule has 0 aliphatic carbocycles. The number of fused-ring (bicyclic) bond motifs is 1. The highest BCUT2D eigenvalue weighted by Gasteiger charge is 2.53. The predicted octanol–water partition coefficient (Wildman–Crippen LogP) is 1.93. The average Bonchev–Trinajstić information content (AvgIpc) is 3.25. The van der Waals surface area contributed by atoms with Gasteiger partial charge in [-0.05, 0) is 5.56 Å². The number of thiocarbonyl (C=S) groups is 1. The largest absolute Gasteiger partial charge is 0.481 e. The molecule has 0 spiro atoms. The van der Waals surface area contributed by atoms with E-state index in [1.54, 1.807) is 5.38 Å². The van der Waals surface area contributed by atoms with Crippen molar-refractivity contribution in [3.8, 4) is 0 Å². The van der Waals surface area contributed by atoms with Crippen LogP contribution in [-0.4, -0.2) is 59.5 Å². The number of thioether (sulfide) groups is 1. The van der Waals surface area contributed by atoms with Crippen LogP contribution in [0.2, 0.25) is 0 Å². The minimum atomic E-state index is -1.34. The van der Waals surface area contributed by atoms with Gasteiger partial charge in [0.1, 0.15) is 26.3 Å². The maximum Gasteiger partial charge on any atom is 0.353 e. The van der Waals surface area contributed by atoms with Crippen LogP contribution in [0.1, 0.15) is 22.7 Å². The molecule has 1 fully saturated rings. The number of amides is 2. The number of carbonyl (C=O) groups is 4. The van der Waals surface area contributed by atoms with E-state index in [1.165, 1.54) is 11.8 Å². The van der Waals surface area contributed by atoms with Gasteiger partial charge in [-0.3, -0.25) is 19.3 Å². The maximum atomic E-state index is 12.8. The monoisotopic (exact) mass is 503 g/mol. The van der Waals surface area contributed by atoms with Crippen LogP contribution in [0.3, 0.4) is 0 Å². The molecule has 0 bridgehead atoms. The normalized spacial score (nSPS) is 19.7. The van der Waals surface area contributed by atoms with Gasteiger partial charge in [0.15, 0.2) is 0 Å². The Labute approximate surface area is 201 Å². The van der Waals surface area contributed by atoms with Gasteiger partial charge in [0.2, 0.25) is 5.91 Å². The second-order valence-electron chi connectivity index (χ2n) is 7.24. The van der Waals surface area contributed by atoms with E-state index < -0.39 is 28.6 Å². The average molecular weight is 504 g/mol. The van der Waals surface area contributed by atoms with Crippen molar-refractivity contribution in [2.45, 2.75) is 30.0 Å². The molecule has 1 aromatic heterocycles. The summed E-state index contributed by atoms with van der Waals surface area (Å²) in [5.74, 6) is -3.20. The molecule has 1 saturated heterocycles. The van der Waals surface area contributed by atoms with Gasteiger partial charge in [-0.15, -0.1) is 23.1 Å². The number of β-lactam (4-membered cyclic amide) rings is 1. The molecule has 0 saturated carbocycles. The van der Waals surface area contributed by atoms with Gasteiger partial charge >= 0.3 is 11.9 Å². The van der Waals surface area contributed by atoms with E-state index in [1.807, 2.05) is 30.3 Å². The van der Waals surface area contributed by atoms with Crippen LogP contribution >= 0.6 is 35.3 Å². The molecule has 2 aliphatic rings. The van der Waals surface area contributed by atoms with E-state index in [-0.39, 0.29) is 41.3 Å². The molecule has 2 aromatic rings. The lowest BCUT2D eigenvalue weighted by Crippen LogP contribution is -2.63. The summed E-state index contributed by atoms with van der Waals surface area (Å²) in [6.07, 6.45) is 0.142. The van der Waals surface area contributed by atoms with E-state index >= 15 is 0 Å². The van der Waals surface area contributed by atoms with Gasteiger partial charge in [0.25, 0.3) is 5.91 Å². The summed E-state index contributed by atoms with van der Waals surface area (Å²) in [4.78, 5) is 53.8. The van der Waals surface area contributed by atoms with Gasteiger partial charge in [0.05, 0.1) is 24.1 Å². The molecule has 0 radical (unpaired) electrons. The summed E-state index contributed by atoms with van der Waals surface area (Å²) < 4.78 is 0. The Balaban J connectivity index is 1.69. The van der Waals surface area contributed by atoms with E-state index in [4.69, 9.17) is 17.3 Å². The SMILES string of the molecule is O=C(O)CCc1csc(C2=C(C(=O)O)N3C(=O)C(=S)[C@@H]3SC2NC(=O)Cc2ccccc2)n1. The van der Waals surface area contributed by atoms with Crippen molar-refractivity contribution in [1.29, 1.82) is 0 Å². The highest BCUT2D eigenvalue weighted by molar-refractivity contribution is 8.03. The third-order valence-electron chi connectivity index (χ3n) is 4.99. The van der Waals surface area contributed by atoms with Crippen molar-refractivity contribution in [2.75, 3.05) is 0 Å². The standard InChI is InChI=1S/C21H17N3O6S3/c25-12(8-10-4-2-1-3-5-10)23-18-14(17-22-11(9-32-17)6-7-13(26)27)15(21(29)30)24-19(28)16(31)20(24)33-18/h1-5,9,18,20H,6-8H2,(H,23,25)(H,26,27)(H,29,30)/t18?,20-/m0/s1. The smallest absolute Gasteiger partial charge is 0.353 e. The predicted molar refractivity (Wildman–Crippen MR) is 126 cm³/mol. The second-order valence-corrected chi connectivity index (χ2v) is 9.73. The summed E-state index contributed by atoms with van der Waals surface area (Å²) >= 11 is 7.42. The Morgan fingerprint density at radius 3 is 2.58 bits per heavy atom. The van der Waals surface area contributed by atoms with Crippen LogP contribution < -0.4 is 5.32 Å². The van der Waals surface area contributed by atoms with Crippen molar-refractivity contribution in [2.24, 2.45) is 0 Å². The summed E-state index contributed by atoms with van der Waals surface area (Å²) in [7, 11) is 0. The lowest BCUT2D eigenvalue weighted by atomic mass is 10.1. The number of benzene rings is 1. The number of aromatic nitrogens is 1. The van der Waals surface area contributed by atoms with Crippen molar-refractivity contribution < 1.29 is 29.4 Å². The number of hydrogen-bond donors (Lipinski definition) is 3. The zero-order valence-electron chi connectivity index (χ0n) is 16.9. The van der Waals surface area contributed by atoms with Gasteiger partial charge in [0, 0.05) is 11.8 Å². The van der Waals surface area contributed by atoms with Crippen molar-refractivity contribution in [3.05, 3.63) is 57.7 Å². The highest BCUT2D eigenvalue weighted by atomic mass is 32.2. The summed E-state index contributed by atoms with van der Waals surface area (Å²) in [5, 5.41) is 22.2. The van der Waals surface area contributed by atoms with E-state index in [0.29, 0.717) is 10.7 Å². The first-order chi connectivity index (χ1) is 15.8. The lowest BCUT2D eigenvalue weighted by Gasteiger charge is -2.46. The Morgan fingerprint density at radius 1 is 1.18 bits per heavy atom. The van der Waals surface area contributed by atoms with Crippen molar-refractivity contribution >= 4 is 69.5 Å². The lowest BCUT2D eigenvalue weighted by molar-refractivity contribution is -0.139. The number of carboxylic acid groups (broad SMARTS) is 2. The van der Waals surface area contributed by atoms with Crippen molar-refractivity contribution in [1.82, 2.24) is 15.2 Å². The summed E-state index contributed by atoms with van der Waals surface area (Å²) in [6.45, 7) is 0. The maximum absolute atomic E-state index is 12.8. The molecule has 9 nitrogen and oxygen atoms in total. The molecular weight excluding hydrogens is 486 g/mol. The first kappa shape index (κ1) is 23.1. The molecule has 12 heteroatoms. The molecule has 2 atom stereocenters. The van der Waals surface area contributed by atoms with Crippen LogP contribution in [0.15, 0.2) is 41.4 Å². The fraction of sp³-hybridized carbons (Fsp3) is 0.238. The number of thiazole rings is 1. The molecule has 1 aromatic carbocycles. The van der Waals surface area contributed by atoms with Crippen LogP contribution in [0.4, 0.5) is 0 Å². The molecule has 2 amide bonds. The summed E-state index contributed by atoms with van der Waals surface area (Å²) in [6, 6.07) is 9.09. The van der Waals surface area contributed by atoms with Crippen LogP contribution in [0, 0.1) is 0 Å². The third kappa shape index (κ3) is 4.68. The second kappa shape index (κ2) is 9.41. The fourth-order valence-electron chi connectivity index (χ4n) is 3.47. The van der Waals surface area contributed by atoms with Crippen LogP contribution in [-0.2, 0) is 32.0 Å². The molecule has 1 unspecified atom stereocenters. The number of rotatable bonds is 8. The van der Waals surface area contributed by atoms with E-state index in [9.17, 15) is 24.3 Å². The van der Waals surface area contributed by atoms with Gasteiger partial charge in [-0.1, -0.05) is 42.5 Å². The molecule has 170 valence electrons. The fourth-order valence-corrected chi connectivity index (χ4v) is 6.21. The quantitative estimate of drug-likeness (QED) is 0.364. The number of aryl methyl sites for hydroxylation is 1. The number of nitrogens with zero attached hydrogens (tertiary/aromatic N) is 2. The Hall–Kier alpha value is -3.09. The number of hydrogen-bond acceptors (Lipinski definition) is 8. The van der Waals surface area contributed by atoms with E-state index in [0.717, 1.165) is 21.8 Å². The van der Waals surface area contributed by atoms with Gasteiger partial charge in [-0.25, -0.2) is 9.78 Å². The highest BCUT2D eigenvalue weighted by Crippen LogP contribution is 2.46. The Morgan fingerprint density at radius 2 is 1.91 bits per heavy atom. The molecule has 3 heterocycles. The van der Waals surface area contributed by atoms with Crippen LogP contribution in [0.5, 0.6) is 0 Å². The molecule has 4 rings (SSSR count). The molecule has 3 N–H and O–H groups in total. The third-order valence-corrected chi connectivity index (χ3v) is 7.79. The zero-order chi connectivity index (χ0) is 23.7. The van der Waals surface area contributed by atoms with E-state index in [2.05, 4.69) is 10.3 Å². The number of nitrogens with one attached hydrogen (secondary N) is 1. The number of carboxylic acids is 2. The Kier molecular flexibility index (Phi) is 6.58. The van der Waals surface area contributed by atoms with Gasteiger partial charge in [-0.2, -0.15) is 0 Å². The van der Waals surface area contributed by atoms with Crippen LogP contribution in [0.25, 0.3) is 5.57 Å². The molecule has 33 heavy (non-hydrogen) atoms.